The molecule has 1 aromatic carbocycles. The van der Waals surface area contributed by atoms with Crippen LogP contribution in [0, 0.1) is 11.8 Å². The lowest BCUT2D eigenvalue weighted by Gasteiger charge is -2.35. The Balaban J connectivity index is 1.31. The third-order valence-corrected chi connectivity index (χ3v) is 6.27. The van der Waals surface area contributed by atoms with Crippen LogP contribution in [-0.4, -0.2) is 62.9 Å². The van der Waals surface area contributed by atoms with Gasteiger partial charge < -0.3 is 19.5 Å². The summed E-state index contributed by atoms with van der Waals surface area (Å²) in [5.74, 6) is 1.79. The molecular weight excluding hydrogens is 384 g/mol. The third kappa shape index (κ3) is 3.27. The number of nitrogens with zero attached hydrogens (tertiary/aromatic N) is 4. The molecule has 1 saturated carbocycles. The van der Waals surface area contributed by atoms with E-state index in [-0.39, 0.29) is 23.8 Å². The largest absolute Gasteiger partial charge is 0.493 e. The van der Waals surface area contributed by atoms with Gasteiger partial charge in [0.1, 0.15) is 12.4 Å². The first-order chi connectivity index (χ1) is 14.6. The first-order valence-corrected chi connectivity index (χ1v) is 10.2. The van der Waals surface area contributed by atoms with E-state index >= 15 is 0 Å². The Kier molecular flexibility index (Phi) is 4.78. The van der Waals surface area contributed by atoms with Crippen molar-refractivity contribution in [2.24, 2.45) is 11.8 Å². The highest BCUT2D eigenvalue weighted by Crippen LogP contribution is 2.39. The van der Waals surface area contributed by atoms with Crippen molar-refractivity contribution in [2.45, 2.75) is 25.0 Å². The van der Waals surface area contributed by atoms with Crippen LogP contribution in [0.25, 0.3) is 5.65 Å². The molecule has 2 fully saturated rings. The van der Waals surface area contributed by atoms with E-state index in [1.165, 1.54) is 0 Å². The zero-order valence-corrected chi connectivity index (χ0v) is 16.7. The van der Waals surface area contributed by atoms with E-state index in [0.717, 1.165) is 0 Å². The van der Waals surface area contributed by atoms with E-state index in [0.29, 0.717) is 48.6 Å². The normalized spacial score (nSPS) is 25.9. The van der Waals surface area contributed by atoms with Crippen molar-refractivity contribution in [1.82, 2.24) is 19.5 Å². The van der Waals surface area contributed by atoms with Gasteiger partial charge in [0.2, 0.25) is 0 Å². The van der Waals surface area contributed by atoms with Crippen LogP contribution in [0.15, 0.2) is 48.9 Å². The molecule has 0 radical (unpaired) electrons. The number of ether oxygens (including phenoxy) is 2. The van der Waals surface area contributed by atoms with Gasteiger partial charge in [0, 0.05) is 19.3 Å². The summed E-state index contributed by atoms with van der Waals surface area (Å²) in [6.45, 7) is 1.29. The lowest BCUT2D eigenvalue weighted by Crippen LogP contribution is -2.42. The lowest BCUT2D eigenvalue weighted by molar-refractivity contribution is -0.0240. The van der Waals surface area contributed by atoms with Crippen molar-refractivity contribution in [3.05, 3.63) is 54.5 Å². The van der Waals surface area contributed by atoms with Gasteiger partial charge in [-0.1, -0.05) is 12.1 Å². The standard InChI is InChI=1S/C22H24N4O4/c1-29-18-6-2-3-7-19(18)30-20-10-15-12-26(11-14(15)9-17(20)27)22(28)16-5-4-8-25-13-23-24-21(16)25/h2-8,13-15,17,20,27H,9-12H2,1H3/t14-,15+,17+,20+/m0/s1. The molecule has 30 heavy (non-hydrogen) atoms. The van der Waals surface area contributed by atoms with Gasteiger partial charge in [-0.15, -0.1) is 10.2 Å². The molecule has 1 aliphatic heterocycles. The van der Waals surface area contributed by atoms with Gasteiger partial charge >= 0.3 is 0 Å². The van der Waals surface area contributed by atoms with Crippen LogP contribution in [0.1, 0.15) is 23.2 Å². The molecule has 1 amide bonds. The van der Waals surface area contributed by atoms with Crippen LogP contribution in [0.5, 0.6) is 11.5 Å². The van der Waals surface area contributed by atoms with Gasteiger partial charge in [-0.25, -0.2) is 0 Å². The zero-order valence-electron chi connectivity index (χ0n) is 16.7. The number of fused-ring (bicyclic) bond motifs is 2. The van der Waals surface area contributed by atoms with Crippen molar-refractivity contribution in [3.8, 4) is 11.5 Å². The van der Waals surface area contributed by atoms with E-state index in [1.807, 2.05) is 41.4 Å². The maximum atomic E-state index is 13.2. The minimum Gasteiger partial charge on any atom is -0.493 e. The summed E-state index contributed by atoms with van der Waals surface area (Å²) in [4.78, 5) is 15.0. The zero-order chi connectivity index (χ0) is 20.7. The van der Waals surface area contributed by atoms with Crippen LogP contribution in [0.3, 0.4) is 0 Å². The summed E-state index contributed by atoms with van der Waals surface area (Å²) >= 11 is 0. The van der Waals surface area contributed by atoms with Gasteiger partial charge in [0.25, 0.3) is 5.91 Å². The Bertz CT molecular complexity index is 1070. The average Bonchev–Trinajstić information content (AvgIpc) is 3.40. The number of carbonyl (C=O) groups excluding carboxylic acids is 1. The number of methoxy groups -OCH3 is 1. The fraction of sp³-hybridized carbons (Fsp3) is 0.409. The third-order valence-electron chi connectivity index (χ3n) is 6.27. The Morgan fingerprint density at radius 3 is 2.67 bits per heavy atom. The number of aromatic nitrogens is 3. The van der Waals surface area contributed by atoms with Gasteiger partial charge in [-0.2, -0.15) is 0 Å². The highest BCUT2D eigenvalue weighted by molar-refractivity contribution is 5.99. The predicted molar refractivity (Wildman–Crippen MR) is 109 cm³/mol. The van der Waals surface area contributed by atoms with Crippen molar-refractivity contribution in [1.29, 1.82) is 0 Å². The van der Waals surface area contributed by atoms with Crippen LogP contribution >= 0.6 is 0 Å². The van der Waals surface area contributed by atoms with E-state index in [4.69, 9.17) is 9.47 Å². The molecule has 4 atom stereocenters. The van der Waals surface area contributed by atoms with Crippen LogP contribution in [0.2, 0.25) is 0 Å². The van der Waals surface area contributed by atoms with Gasteiger partial charge in [0.15, 0.2) is 17.1 Å². The second kappa shape index (κ2) is 7.60. The van der Waals surface area contributed by atoms with Crippen LogP contribution < -0.4 is 9.47 Å². The molecule has 1 aliphatic carbocycles. The molecular formula is C22H24N4O4. The first-order valence-electron chi connectivity index (χ1n) is 10.2. The molecule has 2 aliphatic rings. The number of pyridine rings is 1. The molecule has 2 aromatic heterocycles. The SMILES string of the molecule is COc1ccccc1O[C@@H]1C[C@@H]2CN(C(=O)c3cccn4cnnc34)C[C@@H]2C[C@H]1O. The lowest BCUT2D eigenvalue weighted by atomic mass is 9.78. The minimum atomic E-state index is -0.578. The van der Waals surface area contributed by atoms with E-state index in [9.17, 15) is 9.90 Å². The Morgan fingerprint density at radius 2 is 1.87 bits per heavy atom. The molecule has 1 N–H and O–H groups in total. The highest BCUT2D eigenvalue weighted by atomic mass is 16.5. The van der Waals surface area contributed by atoms with Gasteiger partial charge in [-0.05, 0) is 48.9 Å². The average molecular weight is 408 g/mol. The van der Waals surface area contributed by atoms with E-state index in [2.05, 4.69) is 10.2 Å². The van der Waals surface area contributed by atoms with Crippen molar-refractivity contribution >= 4 is 11.6 Å². The van der Waals surface area contributed by atoms with Crippen LogP contribution in [0.4, 0.5) is 0 Å². The summed E-state index contributed by atoms with van der Waals surface area (Å²) in [5.41, 5.74) is 1.12. The number of para-hydroxylation sites is 2. The van der Waals surface area contributed by atoms with E-state index in [1.54, 1.807) is 23.9 Å². The second-order valence-corrected chi connectivity index (χ2v) is 8.06. The van der Waals surface area contributed by atoms with Gasteiger partial charge in [-0.3, -0.25) is 9.20 Å². The smallest absolute Gasteiger partial charge is 0.257 e. The van der Waals surface area contributed by atoms with E-state index < -0.39 is 6.10 Å². The number of aliphatic hydroxyl groups excluding tert-OH is 1. The number of rotatable bonds is 4. The number of hydrogen-bond donors (Lipinski definition) is 1. The monoisotopic (exact) mass is 408 g/mol. The summed E-state index contributed by atoms with van der Waals surface area (Å²) in [7, 11) is 1.60. The molecule has 3 aromatic rings. The number of hydrogen-bond acceptors (Lipinski definition) is 6. The fourth-order valence-electron chi connectivity index (χ4n) is 4.75. The van der Waals surface area contributed by atoms with Crippen molar-refractivity contribution in [3.63, 3.8) is 0 Å². The molecule has 3 heterocycles. The molecule has 8 nitrogen and oxygen atoms in total. The number of aliphatic hydroxyl groups is 1. The topological polar surface area (TPSA) is 89.2 Å². The number of amides is 1. The number of likely N-dealkylation sites (tertiary alicyclic amines) is 1. The molecule has 1 saturated heterocycles. The maximum absolute atomic E-state index is 13.2. The molecule has 0 unspecified atom stereocenters. The quantitative estimate of drug-likeness (QED) is 0.711. The summed E-state index contributed by atoms with van der Waals surface area (Å²) in [6.07, 6.45) is 3.83. The molecule has 0 bridgehead atoms. The summed E-state index contributed by atoms with van der Waals surface area (Å²) < 4.78 is 13.2. The molecule has 156 valence electrons. The number of benzene rings is 1. The first kappa shape index (κ1) is 18.9. The second-order valence-electron chi connectivity index (χ2n) is 8.06. The number of carbonyl (C=O) groups is 1. The maximum Gasteiger partial charge on any atom is 0.257 e. The molecule has 0 spiro atoms. The molecule has 8 heteroatoms. The predicted octanol–water partition coefficient (Wildman–Crippen LogP) is 2.03. The molecule has 5 rings (SSSR count). The minimum absolute atomic E-state index is 0.0420. The highest BCUT2D eigenvalue weighted by Gasteiger charge is 2.44. The Morgan fingerprint density at radius 1 is 1.10 bits per heavy atom. The Labute approximate surface area is 174 Å². The van der Waals surface area contributed by atoms with Crippen molar-refractivity contribution < 1.29 is 19.4 Å². The summed E-state index contributed by atoms with van der Waals surface area (Å²) in [5, 5.41) is 18.7. The van der Waals surface area contributed by atoms with Crippen molar-refractivity contribution in [2.75, 3.05) is 20.2 Å². The summed E-state index contributed by atoms with van der Waals surface area (Å²) in [6, 6.07) is 11.1. The Hall–Kier alpha value is -3.13. The van der Waals surface area contributed by atoms with Gasteiger partial charge in [0.05, 0.1) is 18.8 Å². The fourth-order valence-corrected chi connectivity index (χ4v) is 4.75. The van der Waals surface area contributed by atoms with Crippen LogP contribution in [-0.2, 0) is 0 Å².